The molecule has 0 radical (unpaired) electrons. The van der Waals surface area contributed by atoms with Crippen LogP contribution in [0.15, 0.2) is 39.9 Å². The Balaban J connectivity index is 1.83. The van der Waals surface area contributed by atoms with Gasteiger partial charge in [-0.05, 0) is 88.7 Å². The summed E-state index contributed by atoms with van der Waals surface area (Å²) in [5.41, 5.74) is 9.23. The first-order valence-electron chi connectivity index (χ1n) is 9.29. The minimum atomic E-state index is -0.230. The van der Waals surface area contributed by atoms with Gasteiger partial charge in [0, 0.05) is 28.2 Å². The van der Waals surface area contributed by atoms with Gasteiger partial charge in [-0.2, -0.15) is 0 Å². The van der Waals surface area contributed by atoms with E-state index in [1.807, 2.05) is 6.08 Å². The maximum absolute atomic E-state index is 9.78. The van der Waals surface area contributed by atoms with E-state index in [1.165, 1.54) is 10.5 Å². The van der Waals surface area contributed by atoms with Crippen molar-refractivity contribution in [3.8, 4) is 0 Å². The highest BCUT2D eigenvalue weighted by Crippen LogP contribution is 2.36. The lowest BCUT2D eigenvalue weighted by Crippen LogP contribution is -2.21. The molecule has 3 unspecified atom stereocenters. The van der Waals surface area contributed by atoms with Gasteiger partial charge in [0.2, 0.25) is 0 Å². The molecule has 5 N–H and O–H groups in total. The number of anilines is 1. The third-order valence-electron chi connectivity index (χ3n) is 4.73. The molecule has 0 bridgehead atoms. The van der Waals surface area contributed by atoms with E-state index in [0.29, 0.717) is 6.04 Å². The van der Waals surface area contributed by atoms with Crippen molar-refractivity contribution in [3.63, 3.8) is 0 Å². The first-order chi connectivity index (χ1) is 12.2. The average molecular weight is 375 g/mol. The molecule has 1 aliphatic heterocycles. The van der Waals surface area contributed by atoms with Crippen LogP contribution in [-0.2, 0) is 0 Å². The van der Waals surface area contributed by atoms with Gasteiger partial charge >= 0.3 is 0 Å². The fourth-order valence-electron chi connectivity index (χ4n) is 3.41. The summed E-state index contributed by atoms with van der Waals surface area (Å²) in [4.78, 5) is 6.08. The smallest absolute Gasteiger partial charge is 0.127 e. The first-order valence-corrected chi connectivity index (χ1v) is 10.1. The number of allylic oxidation sites excluding steroid dienone is 1. The van der Waals surface area contributed by atoms with Gasteiger partial charge in [0.25, 0.3) is 0 Å². The molecular weight excluding hydrogens is 344 g/mol. The molecule has 1 heterocycles. The topological polar surface area (TPSA) is 82.7 Å². The second-order valence-corrected chi connectivity index (χ2v) is 9.17. The zero-order valence-corrected chi connectivity index (χ0v) is 16.9. The lowest BCUT2D eigenvalue weighted by Gasteiger charge is -2.18. The van der Waals surface area contributed by atoms with Crippen LogP contribution in [0.5, 0.6) is 0 Å². The van der Waals surface area contributed by atoms with Crippen LogP contribution in [0.1, 0.15) is 58.6 Å². The summed E-state index contributed by atoms with van der Waals surface area (Å²) in [5.74, 6) is 1.00. The van der Waals surface area contributed by atoms with Gasteiger partial charge in [0.1, 0.15) is 5.84 Å². The number of hydrogen-bond acceptors (Lipinski definition) is 5. The molecule has 1 saturated carbocycles. The van der Waals surface area contributed by atoms with Gasteiger partial charge in [0.15, 0.2) is 0 Å². The van der Waals surface area contributed by atoms with E-state index in [1.54, 1.807) is 11.9 Å². The molecule has 0 aromatic heterocycles. The maximum Gasteiger partial charge on any atom is 0.127 e. The van der Waals surface area contributed by atoms with Crippen LogP contribution in [0.3, 0.4) is 0 Å². The number of hydrogen-bond donors (Lipinski definition) is 4. The Labute approximate surface area is 160 Å². The van der Waals surface area contributed by atoms with E-state index < -0.39 is 0 Å². The largest absolute Gasteiger partial charge is 0.402 e. The summed E-state index contributed by atoms with van der Waals surface area (Å²) in [6, 6.07) is 6.72. The number of nitrogens with two attached hydrogens (primary N) is 1. The third kappa shape index (κ3) is 4.81. The van der Waals surface area contributed by atoms with Crippen molar-refractivity contribution in [1.29, 1.82) is 0 Å². The lowest BCUT2D eigenvalue weighted by atomic mass is 10.0. The standard InChI is InChI=1S/C20H30N4OS/c1-12-16-10-14(6-8-18(16)26-24-12)22-19(23-20(2,3)4)11-17(21)13-5-7-15(25)9-13/h6,8,10-13,15,24-25H,5,7,9,21H2,1-4H3,(H,22,23)/b17-11-. The number of aliphatic hydroxyl groups is 1. The molecule has 0 saturated heterocycles. The van der Waals surface area contributed by atoms with Gasteiger partial charge in [-0.3, -0.25) is 9.71 Å². The SMILES string of the molecule is CC1NSc2ccc(NC(/C=C(\N)C3CCC(O)C3)=NC(C)(C)C)cc21. The molecule has 142 valence electrons. The molecule has 3 atom stereocenters. The molecule has 26 heavy (non-hydrogen) atoms. The van der Waals surface area contributed by atoms with Crippen LogP contribution in [0, 0.1) is 5.92 Å². The van der Waals surface area contributed by atoms with Gasteiger partial charge in [0.05, 0.1) is 11.6 Å². The van der Waals surface area contributed by atoms with Gasteiger partial charge < -0.3 is 16.2 Å². The molecule has 2 aliphatic rings. The lowest BCUT2D eigenvalue weighted by molar-refractivity contribution is 0.179. The molecule has 0 amide bonds. The summed E-state index contributed by atoms with van der Waals surface area (Å²) >= 11 is 1.68. The van der Waals surface area contributed by atoms with Crippen LogP contribution in [-0.4, -0.2) is 22.6 Å². The summed E-state index contributed by atoms with van der Waals surface area (Å²) in [5, 5.41) is 13.2. The van der Waals surface area contributed by atoms with Crippen molar-refractivity contribution < 1.29 is 5.11 Å². The monoisotopic (exact) mass is 374 g/mol. The molecule has 0 spiro atoms. The number of aliphatic hydroxyl groups excluding tert-OH is 1. The van der Waals surface area contributed by atoms with E-state index in [2.05, 4.69) is 55.9 Å². The Morgan fingerprint density at radius 2 is 2.15 bits per heavy atom. The Hall–Kier alpha value is -1.50. The van der Waals surface area contributed by atoms with Crippen molar-refractivity contribution in [1.82, 2.24) is 4.72 Å². The highest BCUT2D eigenvalue weighted by molar-refractivity contribution is 7.97. The number of nitrogens with one attached hydrogen (secondary N) is 2. The zero-order chi connectivity index (χ0) is 18.9. The summed E-state index contributed by atoms with van der Waals surface area (Å²) < 4.78 is 3.38. The predicted molar refractivity (Wildman–Crippen MR) is 110 cm³/mol. The average Bonchev–Trinajstić information content (AvgIpc) is 3.12. The Kier molecular flexibility index (Phi) is 5.65. The van der Waals surface area contributed by atoms with Crippen LogP contribution >= 0.6 is 11.9 Å². The quantitative estimate of drug-likeness (QED) is 0.366. The number of benzene rings is 1. The van der Waals surface area contributed by atoms with Gasteiger partial charge in [-0.15, -0.1) is 0 Å². The number of aliphatic imine (C=N–C) groups is 1. The van der Waals surface area contributed by atoms with Crippen LogP contribution < -0.4 is 15.8 Å². The first kappa shape index (κ1) is 19.3. The Morgan fingerprint density at radius 3 is 2.81 bits per heavy atom. The molecular formula is C20H30N4OS. The van der Waals surface area contributed by atoms with E-state index in [0.717, 1.165) is 36.5 Å². The van der Waals surface area contributed by atoms with Crippen molar-refractivity contribution in [2.24, 2.45) is 16.6 Å². The number of nitrogens with zero attached hydrogens (tertiary/aromatic N) is 1. The summed E-state index contributed by atoms with van der Waals surface area (Å²) in [6.07, 6.45) is 4.21. The molecule has 1 aromatic carbocycles. The molecule has 3 rings (SSSR count). The minimum Gasteiger partial charge on any atom is -0.402 e. The summed E-state index contributed by atoms with van der Waals surface area (Å²) in [7, 11) is 0. The van der Waals surface area contributed by atoms with Crippen LogP contribution in [0.4, 0.5) is 5.69 Å². The normalized spacial score (nSPS) is 26.9. The Bertz CT molecular complexity index is 723. The number of fused-ring (bicyclic) bond motifs is 1. The highest BCUT2D eigenvalue weighted by Gasteiger charge is 2.25. The number of amidine groups is 1. The van der Waals surface area contributed by atoms with Crippen molar-refractivity contribution in [2.75, 3.05) is 5.32 Å². The molecule has 5 nitrogen and oxygen atoms in total. The number of rotatable bonds is 3. The van der Waals surface area contributed by atoms with Crippen LogP contribution in [0.2, 0.25) is 0 Å². The molecule has 1 aliphatic carbocycles. The summed E-state index contributed by atoms with van der Waals surface area (Å²) in [6.45, 7) is 8.38. The fraction of sp³-hybridized carbons (Fsp3) is 0.550. The van der Waals surface area contributed by atoms with E-state index in [-0.39, 0.29) is 17.6 Å². The third-order valence-corrected chi connectivity index (χ3v) is 5.79. The molecule has 6 heteroatoms. The minimum absolute atomic E-state index is 0.213. The van der Waals surface area contributed by atoms with Crippen molar-refractivity contribution in [2.45, 2.75) is 69.5 Å². The van der Waals surface area contributed by atoms with E-state index in [9.17, 15) is 5.11 Å². The molecule has 1 fully saturated rings. The van der Waals surface area contributed by atoms with E-state index >= 15 is 0 Å². The molecule has 1 aromatic rings. The van der Waals surface area contributed by atoms with Gasteiger partial charge in [-0.25, -0.2) is 0 Å². The van der Waals surface area contributed by atoms with Gasteiger partial charge in [-0.1, -0.05) is 0 Å². The predicted octanol–water partition coefficient (Wildman–Crippen LogP) is 3.97. The van der Waals surface area contributed by atoms with Crippen molar-refractivity contribution >= 4 is 23.5 Å². The van der Waals surface area contributed by atoms with Crippen molar-refractivity contribution in [3.05, 3.63) is 35.5 Å². The highest BCUT2D eigenvalue weighted by atomic mass is 32.2. The zero-order valence-electron chi connectivity index (χ0n) is 16.0. The van der Waals surface area contributed by atoms with E-state index in [4.69, 9.17) is 10.7 Å². The second kappa shape index (κ2) is 7.62. The fourth-order valence-corrected chi connectivity index (χ4v) is 4.33. The van der Waals surface area contributed by atoms with Crippen LogP contribution in [0.25, 0.3) is 0 Å². The Morgan fingerprint density at radius 1 is 1.38 bits per heavy atom. The maximum atomic E-state index is 9.78. The second-order valence-electron chi connectivity index (χ2n) is 8.30.